The quantitative estimate of drug-likeness (QED) is 0.132. The van der Waals surface area contributed by atoms with Crippen molar-refractivity contribution in [3.63, 3.8) is 0 Å². The number of para-hydroxylation sites is 1. The summed E-state index contributed by atoms with van der Waals surface area (Å²) in [5.74, 6) is 0. The molecule has 3 aliphatic rings. The Bertz CT molecular complexity index is 2870. The summed E-state index contributed by atoms with van der Waals surface area (Å²) in [5, 5.41) is 6.42. The van der Waals surface area contributed by atoms with E-state index in [-0.39, 0.29) is 17.7 Å². The highest BCUT2D eigenvalue weighted by molar-refractivity contribution is 6.93. The fraction of sp³-hybridized carbons (Fsp3) is 0.280. The Morgan fingerprint density at radius 1 is 0.722 bits per heavy atom. The van der Waals surface area contributed by atoms with Gasteiger partial charge in [-0.2, -0.15) is 0 Å². The second-order valence-electron chi connectivity index (χ2n) is 17.8. The second kappa shape index (κ2) is 11.2. The summed E-state index contributed by atoms with van der Waals surface area (Å²) >= 11 is 0. The molecule has 0 N–H and O–H groups in total. The van der Waals surface area contributed by atoms with E-state index in [0.717, 1.165) is 17.7 Å². The van der Waals surface area contributed by atoms with Gasteiger partial charge in [-0.05, 0) is 130 Å². The van der Waals surface area contributed by atoms with Crippen LogP contribution < -0.4 is 15.9 Å². The van der Waals surface area contributed by atoms with Gasteiger partial charge in [0.25, 0.3) is 0 Å². The van der Waals surface area contributed by atoms with E-state index in [0.29, 0.717) is 0 Å². The zero-order valence-electron chi connectivity index (χ0n) is 32.4. The van der Waals surface area contributed by atoms with Crippen LogP contribution in [0.2, 0.25) is 0 Å². The van der Waals surface area contributed by atoms with Crippen molar-refractivity contribution in [1.29, 1.82) is 0 Å². The number of fused-ring (bicyclic) bond motifs is 12. The average Bonchev–Trinajstić information content (AvgIpc) is 3.71. The lowest BCUT2D eigenvalue weighted by Crippen LogP contribution is -2.60. The Labute approximate surface area is 318 Å². The molecule has 0 spiro atoms. The van der Waals surface area contributed by atoms with Gasteiger partial charge in [0.15, 0.2) is 0 Å². The Morgan fingerprint density at radius 3 is 2.19 bits per heavy atom. The van der Waals surface area contributed by atoms with Crippen molar-refractivity contribution in [3.05, 3.63) is 125 Å². The Kier molecular flexibility index (Phi) is 6.67. The van der Waals surface area contributed by atoms with Gasteiger partial charge in [0.2, 0.25) is 0 Å². The maximum absolute atomic E-state index is 7.43. The van der Waals surface area contributed by atoms with Crippen LogP contribution in [0.25, 0.3) is 60.4 Å². The van der Waals surface area contributed by atoms with E-state index in [1.165, 1.54) is 126 Å². The summed E-state index contributed by atoms with van der Waals surface area (Å²) < 4.78 is 10.0. The number of furan rings is 1. The fourth-order valence-corrected chi connectivity index (χ4v) is 10.6. The van der Waals surface area contributed by atoms with Gasteiger partial charge in [-0.15, -0.1) is 0 Å². The first-order valence-corrected chi connectivity index (χ1v) is 20.2. The molecular formula is C50H47BN2O. The number of nitrogens with zero attached hydrogens (tertiary/aromatic N) is 2. The number of benzene rings is 6. The topological polar surface area (TPSA) is 21.3 Å². The first-order chi connectivity index (χ1) is 26.1. The number of aromatic nitrogens is 1. The first kappa shape index (κ1) is 32.2. The molecule has 4 heterocycles. The zero-order chi connectivity index (χ0) is 36.7. The highest BCUT2D eigenvalue weighted by atomic mass is 16.3. The molecule has 0 atom stereocenters. The van der Waals surface area contributed by atoms with Gasteiger partial charge in [-0.3, -0.25) is 0 Å². The summed E-state index contributed by atoms with van der Waals surface area (Å²) in [6.45, 7) is 14.2. The molecule has 266 valence electrons. The molecule has 11 rings (SSSR count). The number of unbranched alkanes of at least 4 members (excludes halogenated alkanes) is 2. The summed E-state index contributed by atoms with van der Waals surface area (Å²) in [7, 11) is 0. The van der Waals surface area contributed by atoms with Crippen LogP contribution in [0.4, 0.5) is 11.4 Å². The van der Waals surface area contributed by atoms with Crippen molar-refractivity contribution in [2.24, 2.45) is 0 Å². The standard InChI is InChI=1S/C50H47BN2O/c1-7-8-9-14-31-19-21-34(22-20-31)53-41-18-13-12-17-35(41)36-25-30(2)44-37-26-32-15-10-11-16-33(32)27-42(37)52-46-38-28-39-40(50(5,6)24-23-49(39,3)4)29-43(38)54-48(46)51(53)45(36)47(44)52/h10-13,15-22,25-29H,7-9,14,23-24H2,1-6H3. The Balaban J connectivity index is 1.29. The van der Waals surface area contributed by atoms with Crippen LogP contribution in [-0.2, 0) is 17.3 Å². The Hall–Kier alpha value is -5.22. The van der Waals surface area contributed by atoms with Crippen LogP contribution in [0.1, 0.15) is 89.0 Å². The lowest BCUT2D eigenvalue weighted by atomic mass is 9.46. The van der Waals surface area contributed by atoms with Crippen molar-refractivity contribution >= 4 is 72.9 Å². The minimum absolute atomic E-state index is 0.0818. The number of anilines is 2. The molecule has 0 fully saturated rings. The number of hydrogen-bond acceptors (Lipinski definition) is 2. The van der Waals surface area contributed by atoms with Crippen molar-refractivity contribution in [1.82, 2.24) is 4.57 Å². The predicted octanol–water partition coefficient (Wildman–Crippen LogP) is 12.3. The van der Waals surface area contributed by atoms with Gasteiger partial charge in [0.1, 0.15) is 11.2 Å². The van der Waals surface area contributed by atoms with E-state index in [1.54, 1.807) is 0 Å². The van der Waals surface area contributed by atoms with Crippen molar-refractivity contribution in [3.8, 4) is 16.8 Å². The minimum Gasteiger partial charge on any atom is -0.466 e. The fourth-order valence-electron chi connectivity index (χ4n) is 10.6. The summed E-state index contributed by atoms with van der Waals surface area (Å²) in [6, 6.07) is 39.6. The third kappa shape index (κ3) is 4.31. The third-order valence-corrected chi connectivity index (χ3v) is 13.5. The molecule has 4 heteroatoms. The predicted molar refractivity (Wildman–Crippen MR) is 230 cm³/mol. The Morgan fingerprint density at radius 2 is 1.43 bits per heavy atom. The molecule has 0 unspecified atom stereocenters. The molecule has 54 heavy (non-hydrogen) atoms. The van der Waals surface area contributed by atoms with Crippen molar-refractivity contribution in [2.45, 2.75) is 90.9 Å². The average molecular weight is 703 g/mol. The SMILES string of the molecule is CCCCCc1ccc(N2B3c4oc5cc6c(cc5c4-n4c5cc7ccccc7cc5c5c(C)cc(c3c54)-c3ccccc32)C(C)(C)CCC6(C)C)cc1. The molecule has 3 nitrogen and oxygen atoms in total. The lowest BCUT2D eigenvalue weighted by molar-refractivity contribution is 0.332. The summed E-state index contributed by atoms with van der Waals surface area (Å²) in [5.41, 5.74) is 18.0. The molecule has 0 amide bonds. The van der Waals surface area contributed by atoms with E-state index >= 15 is 0 Å². The van der Waals surface area contributed by atoms with Gasteiger partial charge in [0.05, 0.1) is 16.7 Å². The normalized spacial score (nSPS) is 16.3. The van der Waals surface area contributed by atoms with Gasteiger partial charge in [0, 0.05) is 33.1 Å². The number of aryl methyl sites for hydroxylation is 2. The molecule has 0 saturated heterocycles. The van der Waals surface area contributed by atoms with Crippen LogP contribution in [0.5, 0.6) is 0 Å². The molecule has 8 aromatic rings. The summed E-state index contributed by atoms with van der Waals surface area (Å²) in [6.07, 6.45) is 7.21. The van der Waals surface area contributed by atoms with Gasteiger partial charge in [-0.1, -0.05) is 108 Å². The van der Waals surface area contributed by atoms with E-state index in [2.05, 4.69) is 154 Å². The molecule has 2 aromatic heterocycles. The van der Waals surface area contributed by atoms with Crippen LogP contribution in [0.15, 0.2) is 108 Å². The van der Waals surface area contributed by atoms with E-state index in [4.69, 9.17) is 4.42 Å². The largest absolute Gasteiger partial charge is 0.466 e. The van der Waals surface area contributed by atoms with Crippen molar-refractivity contribution < 1.29 is 4.42 Å². The molecule has 0 bridgehead atoms. The molecule has 6 aromatic carbocycles. The highest BCUT2D eigenvalue weighted by Gasteiger charge is 2.48. The van der Waals surface area contributed by atoms with Crippen LogP contribution >= 0.6 is 0 Å². The third-order valence-electron chi connectivity index (χ3n) is 13.5. The van der Waals surface area contributed by atoms with Gasteiger partial charge in [-0.25, -0.2) is 0 Å². The maximum Gasteiger partial charge on any atom is 0.375 e. The molecule has 1 aliphatic carbocycles. The molecule has 2 aliphatic heterocycles. The van der Waals surface area contributed by atoms with E-state index in [9.17, 15) is 0 Å². The molecular weight excluding hydrogens is 655 g/mol. The van der Waals surface area contributed by atoms with E-state index < -0.39 is 0 Å². The van der Waals surface area contributed by atoms with Gasteiger partial charge >= 0.3 is 6.85 Å². The molecule has 0 saturated carbocycles. The van der Waals surface area contributed by atoms with Crippen LogP contribution in [0, 0.1) is 6.92 Å². The highest BCUT2D eigenvalue weighted by Crippen LogP contribution is 2.51. The first-order valence-electron chi connectivity index (χ1n) is 20.2. The lowest BCUT2D eigenvalue weighted by Gasteiger charge is -2.41. The van der Waals surface area contributed by atoms with Crippen LogP contribution in [-0.4, -0.2) is 11.4 Å². The summed E-state index contributed by atoms with van der Waals surface area (Å²) in [4.78, 5) is 2.59. The zero-order valence-corrected chi connectivity index (χ0v) is 32.4. The minimum atomic E-state index is -0.129. The smallest absolute Gasteiger partial charge is 0.375 e. The van der Waals surface area contributed by atoms with Crippen LogP contribution in [0.3, 0.4) is 0 Å². The maximum atomic E-state index is 7.43. The number of hydrogen-bond donors (Lipinski definition) is 0. The van der Waals surface area contributed by atoms with Crippen molar-refractivity contribution in [2.75, 3.05) is 4.81 Å². The van der Waals surface area contributed by atoms with Gasteiger partial charge < -0.3 is 13.8 Å². The monoisotopic (exact) mass is 702 g/mol. The second-order valence-corrected chi connectivity index (χ2v) is 17.8. The molecule has 0 radical (unpaired) electrons. The number of rotatable bonds is 5. The van der Waals surface area contributed by atoms with E-state index in [1.807, 2.05) is 0 Å².